The second kappa shape index (κ2) is 6.21. The number of benzene rings is 1. The van der Waals surface area contributed by atoms with Crippen molar-refractivity contribution in [3.05, 3.63) is 59.4 Å². The van der Waals surface area contributed by atoms with Crippen LogP contribution in [0.4, 0.5) is 0 Å². The van der Waals surface area contributed by atoms with Gasteiger partial charge in [0.1, 0.15) is 10.8 Å². The lowest BCUT2D eigenvalue weighted by Gasteiger charge is -2.02. The first-order valence-corrected chi connectivity index (χ1v) is 8.10. The van der Waals surface area contributed by atoms with Crippen LogP contribution in [0.25, 0.3) is 28.5 Å². The maximum absolute atomic E-state index is 5.35. The number of hydrogen-bond donors (Lipinski definition) is 0. The highest BCUT2D eigenvalue weighted by Gasteiger charge is 2.12. The minimum Gasteiger partial charge on any atom is -0.496 e. The molecule has 118 valence electrons. The van der Waals surface area contributed by atoms with Crippen molar-refractivity contribution in [3.8, 4) is 17.1 Å². The summed E-state index contributed by atoms with van der Waals surface area (Å²) in [6.07, 6.45) is 7.41. The highest BCUT2D eigenvalue weighted by atomic mass is 32.1. The Morgan fingerprint density at radius 1 is 1.08 bits per heavy atom. The third kappa shape index (κ3) is 2.65. The van der Waals surface area contributed by atoms with Crippen molar-refractivity contribution in [3.63, 3.8) is 0 Å². The third-order valence-corrected chi connectivity index (χ3v) is 4.33. The predicted molar refractivity (Wildman–Crippen MR) is 93.8 cm³/mol. The molecule has 0 atom stereocenters. The molecule has 1 aromatic carbocycles. The molecule has 0 aliphatic heterocycles. The average Bonchev–Trinajstić information content (AvgIpc) is 3.21. The molecule has 24 heavy (non-hydrogen) atoms. The van der Waals surface area contributed by atoms with Crippen LogP contribution in [0, 0.1) is 0 Å². The Morgan fingerprint density at radius 2 is 2.00 bits per heavy atom. The molecule has 3 heterocycles. The van der Waals surface area contributed by atoms with E-state index in [2.05, 4.69) is 20.3 Å². The highest BCUT2D eigenvalue weighted by Crippen LogP contribution is 2.24. The molecule has 0 saturated carbocycles. The zero-order valence-corrected chi connectivity index (χ0v) is 13.6. The topological polar surface area (TPSA) is 65.2 Å². The van der Waals surface area contributed by atoms with Crippen LogP contribution < -0.4 is 4.74 Å². The van der Waals surface area contributed by atoms with E-state index in [9.17, 15) is 0 Å². The molecule has 0 bridgehead atoms. The third-order valence-electron chi connectivity index (χ3n) is 3.47. The van der Waals surface area contributed by atoms with Crippen molar-refractivity contribution >= 4 is 28.4 Å². The average molecular weight is 335 g/mol. The van der Waals surface area contributed by atoms with Gasteiger partial charge in [-0.05, 0) is 30.4 Å². The number of para-hydroxylation sites is 1. The summed E-state index contributed by atoms with van der Waals surface area (Å²) in [5, 5.41) is 13.8. The molecule has 0 aliphatic rings. The summed E-state index contributed by atoms with van der Waals surface area (Å²) in [6, 6.07) is 11.6. The summed E-state index contributed by atoms with van der Waals surface area (Å²) in [7, 11) is 1.66. The molecule has 0 fully saturated rings. The molecule has 0 saturated heterocycles. The number of methoxy groups -OCH3 is 1. The number of fused-ring (bicyclic) bond motifs is 1. The molecule has 0 amide bonds. The smallest absolute Gasteiger partial charge is 0.235 e. The van der Waals surface area contributed by atoms with Gasteiger partial charge in [0.2, 0.25) is 4.96 Å². The van der Waals surface area contributed by atoms with E-state index in [0.717, 1.165) is 26.8 Å². The van der Waals surface area contributed by atoms with Gasteiger partial charge in [0, 0.05) is 23.5 Å². The van der Waals surface area contributed by atoms with Gasteiger partial charge < -0.3 is 4.74 Å². The summed E-state index contributed by atoms with van der Waals surface area (Å²) >= 11 is 1.48. The van der Waals surface area contributed by atoms with Gasteiger partial charge >= 0.3 is 0 Å². The first-order chi connectivity index (χ1) is 11.8. The Morgan fingerprint density at radius 3 is 2.83 bits per heavy atom. The van der Waals surface area contributed by atoms with Crippen LogP contribution in [-0.2, 0) is 0 Å². The quantitative estimate of drug-likeness (QED) is 0.572. The van der Waals surface area contributed by atoms with Crippen molar-refractivity contribution in [2.75, 3.05) is 7.11 Å². The van der Waals surface area contributed by atoms with Crippen molar-refractivity contribution in [1.82, 2.24) is 24.8 Å². The lowest BCUT2D eigenvalue weighted by Crippen LogP contribution is -1.91. The van der Waals surface area contributed by atoms with Crippen LogP contribution >= 0.6 is 11.3 Å². The van der Waals surface area contributed by atoms with Crippen molar-refractivity contribution in [2.24, 2.45) is 0 Å². The van der Waals surface area contributed by atoms with Crippen LogP contribution in [0.15, 0.2) is 48.8 Å². The summed E-state index contributed by atoms with van der Waals surface area (Å²) < 4.78 is 7.09. The Hall–Kier alpha value is -3.06. The zero-order valence-electron chi connectivity index (χ0n) is 12.8. The van der Waals surface area contributed by atoms with Gasteiger partial charge in [0.15, 0.2) is 5.82 Å². The van der Waals surface area contributed by atoms with E-state index in [1.165, 1.54) is 11.3 Å². The number of ether oxygens (including phenoxy) is 1. The fourth-order valence-corrected chi connectivity index (χ4v) is 3.08. The summed E-state index contributed by atoms with van der Waals surface area (Å²) in [5.74, 6) is 1.51. The maximum atomic E-state index is 5.35. The monoisotopic (exact) mass is 335 g/mol. The van der Waals surface area contributed by atoms with Crippen LogP contribution in [0.1, 0.15) is 10.6 Å². The van der Waals surface area contributed by atoms with E-state index in [4.69, 9.17) is 4.74 Å². The molecule has 0 spiro atoms. The van der Waals surface area contributed by atoms with Gasteiger partial charge in [0.05, 0.1) is 7.11 Å². The molecule has 0 unspecified atom stereocenters. The van der Waals surface area contributed by atoms with Gasteiger partial charge in [-0.1, -0.05) is 29.5 Å². The summed E-state index contributed by atoms with van der Waals surface area (Å²) in [4.78, 5) is 4.86. The lowest BCUT2D eigenvalue weighted by atomic mass is 10.2. The minimum atomic E-state index is 0.686. The Bertz CT molecular complexity index is 1010. The first-order valence-electron chi connectivity index (χ1n) is 7.29. The van der Waals surface area contributed by atoms with Gasteiger partial charge in [-0.25, -0.2) is 0 Å². The van der Waals surface area contributed by atoms with Crippen LogP contribution in [0.2, 0.25) is 0 Å². The van der Waals surface area contributed by atoms with E-state index < -0.39 is 0 Å². The Labute approximate surface area is 142 Å². The summed E-state index contributed by atoms with van der Waals surface area (Å²) in [5.41, 5.74) is 1.88. The Kier molecular flexibility index (Phi) is 3.76. The van der Waals surface area contributed by atoms with Gasteiger partial charge in [-0.15, -0.1) is 10.2 Å². The van der Waals surface area contributed by atoms with E-state index in [1.54, 1.807) is 24.0 Å². The maximum Gasteiger partial charge on any atom is 0.235 e. The fraction of sp³-hybridized carbons (Fsp3) is 0.0588. The Balaban J connectivity index is 1.69. The van der Waals surface area contributed by atoms with Gasteiger partial charge in [-0.3, -0.25) is 4.98 Å². The number of aromatic nitrogens is 5. The highest BCUT2D eigenvalue weighted by molar-refractivity contribution is 7.17. The SMILES string of the molecule is COc1ccccc1/C=C/c1nn2c(-c3cccnc3)nnc2s1. The molecule has 3 aromatic heterocycles. The van der Waals surface area contributed by atoms with Crippen LogP contribution in [-0.4, -0.2) is 31.9 Å². The molecule has 0 radical (unpaired) electrons. The molecule has 6 nitrogen and oxygen atoms in total. The predicted octanol–water partition coefficient (Wildman–Crippen LogP) is 3.43. The normalized spacial score (nSPS) is 11.4. The van der Waals surface area contributed by atoms with E-state index in [0.29, 0.717) is 5.82 Å². The standard InChI is InChI=1S/C17H13N5OS/c1-23-14-7-3-2-5-12(14)8-9-15-21-22-16(19-20-17(22)24-15)13-6-4-10-18-11-13/h2-11H,1H3/b9-8+. The number of hydrogen-bond acceptors (Lipinski definition) is 6. The molecule has 4 rings (SSSR count). The summed E-state index contributed by atoms with van der Waals surface area (Å²) in [6.45, 7) is 0. The second-order valence-electron chi connectivity index (χ2n) is 4.98. The molecule has 0 N–H and O–H groups in total. The van der Waals surface area contributed by atoms with E-state index in [-0.39, 0.29) is 0 Å². The zero-order chi connectivity index (χ0) is 16.4. The molecule has 0 aliphatic carbocycles. The van der Waals surface area contributed by atoms with Crippen molar-refractivity contribution < 1.29 is 4.74 Å². The minimum absolute atomic E-state index is 0.686. The lowest BCUT2D eigenvalue weighted by molar-refractivity contribution is 0.414. The van der Waals surface area contributed by atoms with E-state index >= 15 is 0 Å². The molecular formula is C17H13N5OS. The fourth-order valence-electron chi connectivity index (χ4n) is 2.34. The van der Waals surface area contributed by atoms with E-state index in [1.807, 2.05) is 48.6 Å². The van der Waals surface area contributed by atoms with Gasteiger partial charge in [0.25, 0.3) is 0 Å². The molecular weight excluding hydrogens is 322 g/mol. The van der Waals surface area contributed by atoms with Crippen molar-refractivity contribution in [2.45, 2.75) is 0 Å². The second-order valence-corrected chi connectivity index (χ2v) is 5.96. The molecule has 7 heteroatoms. The van der Waals surface area contributed by atoms with Crippen molar-refractivity contribution in [1.29, 1.82) is 0 Å². The number of pyridine rings is 1. The number of rotatable bonds is 4. The van der Waals surface area contributed by atoms with Gasteiger partial charge in [-0.2, -0.15) is 9.61 Å². The molecule has 4 aromatic rings. The largest absolute Gasteiger partial charge is 0.496 e. The van der Waals surface area contributed by atoms with Crippen LogP contribution in [0.5, 0.6) is 5.75 Å². The number of nitrogens with zero attached hydrogens (tertiary/aromatic N) is 5. The van der Waals surface area contributed by atoms with Crippen LogP contribution in [0.3, 0.4) is 0 Å². The first kappa shape index (κ1) is 14.5.